The van der Waals surface area contributed by atoms with Crippen LogP contribution in [0.15, 0.2) is 12.1 Å². The van der Waals surface area contributed by atoms with Crippen LogP contribution in [0.2, 0.25) is 0 Å². The van der Waals surface area contributed by atoms with Crippen LogP contribution in [0.1, 0.15) is 51.3 Å². The molecule has 6 nitrogen and oxygen atoms in total. The summed E-state index contributed by atoms with van der Waals surface area (Å²) in [6.07, 6.45) is 1.78. The number of aromatic nitrogens is 1. The number of pyridine rings is 1. The van der Waals surface area contributed by atoms with Crippen LogP contribution < -0.4 is 10.2 Å². The third-order valence-corrected chi connectivity index (χ3v) is 4.41. The number of carbonyl (C=O) groups is 1. The highest BCUT2D eigenvalue weighted by Crippen LogP contribution is 2.27. The predicted molar refractivity (Wildman–Crippen MR) is 109 cm³/mol. The van der Waals surface area contributed by atoms with E-state index in [9.17, 15) is 13.6 Å². The van der Waals surface area contributed by atoms with Crippen molar-refractivity contribution in [1.82, 2.24) is 10.3 Å². The van der Waals surface area contributed by atoms with Gasteiger partial charge in [0.25, 0.3) is 6.43 Å². The van der Waals surface area contributed by atoms with Crippen LogP contribution in [-0.4, -0.2) is 56.0 Å². The van der Waals surface area contributed by atoms with Gasteiger partial charge in [0.1, 0.15) is 18.0 Å². The number of amides is 1. The number of anilines is 1. The third-order valence-electron chi connectivity index (χ3n) is 4.41. The topological polar surface area (TPSA) is 63.7 Å². The van der Waals surface area contributed by atoms with Gasteiger partial charge in [-0.15, -0.1) is 0 Å². The average molecular weight is 414 g/mol. The van der Waals surface area contributed by atoms with Crippen molar-refractivity contribution < 1.29 is 23.0 Å². The molecule has 0 unspecified atom stereocenters. The molecule has 1 aromatic heterocycles. The number of ether oxygens (including phenoxy) is 2. The summed E-state index contributed by atoms with van der Waals surface area (Å²) < 4.78 is 34.2. The minimum Gasteiger partial charge on any atom is -0.443 e. The Hall–Kier alpha value is -1.80. The molecule has 0 radical (unpaired) electrons. The number of nitrogens with zero attached hydrogens (tertiary/aromatic N) is 2. The standard InChI is InChI=1S/C21H33F2N3O3/c1-21(2,3)29-20(27)26-13-6-7-16-9-10-17(25-19(16)26)8-4-5-11-24-12-14-28-15-18(22)23/h9-10,18,24H,4-8,11-15H2,1-3H3. The number of nitrogens with one attached hydrogen (secondary N) is 1. The lowest BCUT2D eigenvalue weighted by atomic mass is 10.0. The highest BCUT2D eigenvalue weighted by atomic mass is 19.3. The first kappa shape index (κ1) is 23.5. The van der Waals surface area contributed by atoms with Crippen molar-refractivity contribution in [2.75, 3.05) is 37.7 Å². The number of aryl methyl sites for hydroxylation is 2. The quantitative estimate of drug-likeness (QED) is 0.588. The van der Waals surface area contributed by atoms with Crippen LogP contribution >= 0.6 is 0 Å². The molecule has 8 heteroatoms. The molecule has 1 N–H and O–H groups in total. The predicted octanol–water partition coefficient (Wildman–Crippen LogP) is 3.96. The maximum Gasteiger partial charge on any atom is 0.416 e. The van der Waals surface area contributed by atoms with Crippen LogP contribution in [0.5, 0.6) is 0 Å². The van der Waals surface area contributed by atoms with Crippen LogP contribution in [-0.2, 0) is 22.3 Å². The normalized spacial score (nSPS) is 14.2. The molecule has 2 rings (SSSR count). The maximum absolute atomic E-state index is 12.5. The Labute approximate surface area is 172 Å². The second-order valence-electron chi connectivity index (χ2n) is 8.19. The van der Waals surface area contributed by atoms with E-state index in [0.29, 0.717) is 13.1 Å². The van der Waals surface area contributed by atoms with E-state index in [1.54, 1.807) is 4.90 Å². The fourth-order valence-corrected chi connectivity index (χ4v) is 3.11. The summed E-state index contributed by atoms with van der Waals surface area (Å²) in [5.74, 6) is 0.720. The summed E-state index contributed by atoms with van der Waals surface area (Å²) in [6, 6.07) is 4.09. The molecule has 2 heterocycles. The van der Waals surface area contributed by atoms with Crippen molar-refractivity contribution in [3.63, 3.8) is 0 Å². The van der Waals surface area contributed by atoms with Crippen molar-refractivity contribution in [2.24, 2.45) is 0 Å². The zero-order valence-corrected chi connectivity index (χ0v) is 17.7. The summed E-state index contributed by atoms with van der Waals surface area (Å²) in [7, 11) is 0. The largest absolute Gasteiger partial charge is 0.443 e. The van der Waals surface area contributed by atoms with Gasteiger partial charge in [-0.05, 0) is 71.0 Å². The van der Waals surface area contributed by atoms with Gasteiger partial charge in [0.15, 0.2) is 0 Å². The molecule has 0 saturated carbocycles. The molecule has 1 aliphatic heterocycles. The number of halogens is 2. The molecule has 0 fully saturated rings. The third kappa shape index (κ3) is 8.62. The van der Waals surface area contributed by atoms with E-state index in [1.165, 1.54) is 0 Å². The highest BCUT2D eigenvalue weighted by Gasteiger charge is 2.28. The molecule has 0 atom stereocenters. The van der Waals surface area contributed by atoms with Crippen LogP contribution in [0, 0.1) is 0 Å². The second kappa shape index (κ2) is 11.4. The number of unbranched alkanes of at least 4 members (excludes halogenated alkanes) is 1. The summed E-state index contributed by atoms with van der Waals surface area (Å²) >= 11 is 0. The second-order valence-corrected chi connectivity index (χ2v) is 8.19. The van der Waals surface area contributed by atoms with Crippen molar-refractivity contribution in [3.8, 4) is 0 Å². The number of rotatable bonds is 10. The van der Waals surface area contributed by atoms with Gasteiger partial charge in [-0.2, -0.15) is 0 Å². The minimum absolute atomic E-state index is 0.289. The molecule has 0 aliphatic carbocycles. The Kier molecular flexibility index (Phi) is 9.23. The Bertz CT molecular complexity index is 651. The molecular weight excluding hydrogens is 380 g/mol. The smallest absolute Gasteiger partial charge is 0.416 e. The summed E-state index contributed by atoms with van der Waals surface area (Å²) in [6.45, 7) is 7.34. The Morgan fingerprint density at radius 3 is 2.79 bits per heavy atom. The molecular formula is C21H33F2N3O3. The molecule has 29 heavy (non-hydrogen) atoms. The fraction of sp³-hybridized carbons (Fsp3) is 0.714. The van der Waals surface area contributed by atoms with Gasteiger partial charge in [0.05, 0.1) is 6.61 Å². The number of hydrogen-bond donors (Lipinski definition) is 1. The zero-order valence-electron chi connectivity index (χ0n) is 17.7. The lowest BCUT2D eigenvalue weighted by molar-refractivity contribution is 0.0188. The van der Waals surface area contributed by atoms with E-state index in [0.717, 1.165) is 55.7 Å². The minimum atomic E-state index is -2.41. The Morgan fingerprint density at radius 2 is 2.07 bits per heavy atom. The molecule has 0 bridgehead atoms. The molecule has 1 aliphatic rings. The Balaban J connectivity index is 1.77. The number of fused-ring (bicyclic) bond motifs is 1. The van der Waals surface area contributed by atoms with E-state index >= 15 is 0 Å². The van der Waals surface area contributed by atoms with Crippen molar-refractivity contribution in [1.29, 1.82) is 0 Å². The van der Waals surface area contributed by atoms with Crippen LogP contribution in [0.4, 0.5) is 19.4 Å². The first-order chi connectivity index (χ1) is 13.8. The van der Waals surface area contributed by atoms with E-state index in [4.69, 9.17) is 14.5 Å². The average Bonchev–Trinajstić information content (AvgIpc) is 2.64. The Morgan fingerprint density at radius 1 is 1.28 bits per heavy atom. The van der Waals surface area contributed by atoms with Crippen molar-refractivity contribution in [3.05, 3.63) is 23.4 Å². The highest BCUT2D eigenvalue weighted by molar-refractivity contribution is 5.88. The summed E-state index contributed by atoms with van der Waals surface area (Å²) in [4.78, 5) is 18.9. The van der Waals surface area contributed by atoms with Gasteiger partial charge in [-0.1, -0.05) is 6.07 Å². The van der Waals surface area contributed by atoms with Crippen molar-refractivity contribution >= 4 is 11.9 Å². The molecule has 0 spiro atoms. The van der Waals surface area contributed by atoms with Gasteiger partial charge in [-0.3, -0.25) is 4.90 Å². The first-order valence-electron chi connectivity index (χ1n) is 10.3. The monoisotopic (exact) mass is 413 g/mol. The molecule has 1 amide bonds. The van der Waals surface area contributed by atoms with Crippen molar-refractivity contribution in [2.45, 2.75) is 64.9 Å². The van der Waals surface area contributed by atoms with Gasteiger partial charge in [0.2, 0.25) is 0 Å². The number of alkyl halides is 2. The van der Waals surface area contributed by atoms with Gasteiger partial charge < -0.3 is 14.8 Å². The molecule has 164 valence electrons. The van der Waals surface area contributed by atoms with E-state index in [-0.39, 0.29) is 12.7 Å². The lowest BCUT2D eigenvalue weighted by Crippen LogP contribution is -2.40. The molecule has 0 aromatic carbocycles. The lowest BCUT2D eigenvalue weighted by Gasteiger charge is -2.31. The zero-order chi connectivity index (χ0) is 21.3. The van der Waals surface area contributed by atoms with Gasteiger partial charge >= 0.3 is 6.09 Å². The molecule has 1 aromatic rings. The summed E-state index contributed by atoms with van der Waals surface area (Å²) in [5, 5.41) is 3.18. The van der Waals surface area contributed by atoms with E-state index in [1.807, 2.05) is 26.8 Å². The van der Waals surface area contributed by atoms with E-state index in [2.05, 4.69) is 11.4 Å². The summed E-state index contributed by atoms with van der Waals surface area (Å²) in [5.41, 5.74) is 1.50. The van der Waals surface area contributed by atoms with Gasteiger partial charge in [0, 0.05) is 18.8 Å². The number of hydrogen-bond acceptors (Lipinski definition) is 5. The SMILES string of the molecule is CC(C)(C)OC(=O)N1CCCc2ccc(CCCCNCCOCC(F)F)nc21. The van der Waals surface area contributed by atoms with Crippen LogP contribution in [0.3, 0.4) is 0 Å². The van der Waals surface area contributed by atoms with E-state index < -0.39 is 18.6 Å². The van der Waals surface area contributed by atoms with Crippen LogP contribution in [0.25, 0.3) is 0 Å². The maximum atomic E-state index is 12.5. The first-order valence-corrected chi connectivity index (χ1v) is 10.3. The fourth-order valence-electron chi connectivity index (χ4n) is 3.11. The molecule has 0 saturated heterocycles. The number of carbonyl (C=O) groups excluding carboxylic acids is 1. The van der Waals surface area contributed by atoms with Gasteiger partial charge in [-0.25, -0.2) is 18.6 Å².